The lowest BCUT2D eigenvalue weighted by molar-refractivity contribution is -0.392. The molecular formula is C11H12N4O4S2. The van der Waals surface area contributed by atoms with E-state index in [0.717, 1.165) is 11.1 Å². The maximum Gasteiger partial charge on any atom is 0.410 e. The molecular weight excluding hydrogens is 316 g/mol. The summed E-state index contributed by atoms with van der Waals surface area (Å²) >= 11 is 1.53. The van der Waals surface area contributed by atoms with Gasteiger partial charge in [-0.05, 0) is 17.1 Å². The van der Waals surface area contributed by atoms with Crippen molar-refractivity contribution in [1.82, 2.24) is 9.78 Å². The summed E-state index contributed by atoms with van der Waals surface area (Å²) in [7, 11) is -4.17. The Balaban J connectivity index is 2.09. The van der Waals surface area contributed by atoms with E-state index >= 15 is 0 Å². The highest BCUT2D eigenvalue weighted by molar-refractivity contribution is 7.99. The Morgan fingerprint density at radius 3 is 2.52 bits per heavy atom. The number of nitro groups is 1. The van der Waals surface area contributed by atoms with Crippen LogP contribution in [-0.4, -0.2) is 28.9 Å². The molecule has 0 amide bonds. The number of benzene rings is 1. The van der Waals surface area contributed by atoms with Gasteiger partial charge in [-0.15, -0.1) is 11.8 Å². The zero-order chi connectivity index (χ0) is 15.5. The average Bonchev–Trinajstić information content (AvgIpc) is 2.84. The first kappa shape index (κ1) is 15.5. The molecule has 0 spiro atoms. The molecule has 0 aliphatic carbocycles. The number of nitrogens with zero attached hydrogens (tertiary/aromatic N) is 3. The quantitative estimate of drug-likeness (QED) is 0.483. The summed E-state index contributed by atoms with van der Waals surface area (Å²) in [4.78, 5) is 10.4. The number of primary sulfonamides is 1. The van der Waals surface area contributed by atoms with Crippen LogP contribution < -0.4 is 5.14 Å². The monoisotopic (exact) mass is 328 g/mol. The molecule has 1 heterocycles. The Morgan fingerprint density at radius 2 is 2.00 bits per heavy atom. The molecule has 0 atom stereocenters. The number of sulfonamides is 1. The summed E-state index contributed by atoms with van der Waals surface area (Å²) in [6.45, 7) is 0.329. The van der Waals surface area contributed by atoms with Crippen LogP contribution in [0.15, 0.2) is 46.3 Å². The lowest BCUT2D eigenvalue weighted by Gasteiger charge is -1.99. The summed E-state index contributed by atoms with van der Waals surface area (Å²) in [6.07, 6.45) is 1.08. The van der Waals surface area contributed by atoms with Crippen molar-refractivity contribution in [3.8, 4) is 0 Å². The van der Waals surface area contributed by atoms with Crippen molar-refractivity contribution in [3.63, 3.8) is 0 Å². The van der Waals surface area contributed by atoms with Crippen molar-refractivity contribution < 1.29 is 13.3 Å². The smallest absolute Gasteiger partial charge is 0.358 e. The lowest BCUT2D eigenvalue weighted by atomic mass is 10.4. The molecule has 0 saturated heterocycles. The maximum absolute atomic E-state index is 11.3. The van der Waals surface area contributed by atoms with E-state index < -0.39 is 25.7 Å². The van der Waals surface area contributed by atoms with E-state index in [4.69, 9.17) is 5.14 Å². The minimum absolute atomic E-state index is 0.329. The highest BCUT2D eigenvalue weighted by Crippen LogP contribution is 2.21. The normalized spacial score (nSPS) is 11.5. The van der Waals surface area contributed by atoms with Gasteiger partial charge in [0.1, 0.15) is 0 Å². The van der Waals surface area contributed by atoms with Crippen LogP contribution in [0.25, 0.3) is 0 Å². The number of aromatic nitrogens is 2. The zero-order valence-electron chi connectivity index (χ0n) is 10.7. The third-order valence-electron chi connectivity index (χ3n) is 2.52. The van der Waals surface area contributed by atoms with Crippen molar-refractivity contribution in [2.75, 3.05) is 5.75 Å². The third-order valence-corrected chi connectivity index (χ3v) is 4.41. The van der Waals surface area contributed by atoms with E-state index in [1.54, 1.807) is 0 Å². The van der Waals surface area contributed by atoms with Gasteiger partial charge in [-0.2, -0.15) is 4.68 Å². The molecule has 2 N–H and O–H groups in total. The fourth-order valence-corrected chi connectivity index (χ4v) is 3.11. The first-order valence-electron chi connectivity index (χ1n) is 5.80. The molecule has 1 aromatic carbocycles. The van der Waals surface area contributed by atoms with Gasteiger partial charge in [0.2, 0.25) is 14.9 Å². The van der Waals surface area contributed by atoms with E-state index in [0.29, 0.717) is 12.3 Å². The molecule has 10 heteroatoms. The highest BCUT2D eigenvalue weighted by atomic mass is 32.2. The molecule has 0 aliphatic rings. The Bertz CT molecular complexity index is 743. The Hall–Kier alpha value is -1.91. The standard InChI is InChI=1S/C11H12N4O4S2/c12-21(18,19)10-8-14(13-11(10)15(16)17)6-7-20-9-4-2-1-3-5-9/h1-5,8H,6-7H2,(H2,12,18,19). The molecule has 112 valence electrons. The van der Waals surface area contributed by atoms with Crippen molar-refractivity contribution in [2.45, 2.75) is 16.3 Å². The average molecular weight is 328 g/mol. The van der Waals surface area contributed by atoms with Gasteiger partial charge in [0.25, 0.3) is 0 Å². The predicted molar refractivity (Wildman–Crippen MR) is 77.4 cm³/mol. The molecule has 2 rings (SSSR count). The molecule has 8 nitrogen and oxygen atoms in total. The minimum Gasteiger partial charge on any atom is -0.358 e. The second-order valence-electron chi connectivity index (χ2n) is 4.04. The van der Waals surface area contributed by atoms with E-state index in [1.807, 2.05) is 30.3 Å². The van der Waals surface area contributed by atoms with Gasteiger partial charge in [0.05, 0.1) is 17.8 Å². The number of hydrogen-bond donors (Lipinski definition) is 1. The number of aryl methyl sites for hydroxylation is 1. The summed E-state index contributed by atoms with van der Waals surface area (Å²) in [6, 6.07) is 9.58. The number of nitrogens with two attached hydrogens (primary N) is 1. The molecule has 21 heavy (non-hydrogen) atoms. The van der Waals surface area contributed by atoms with E-state index in [9.17, 15) is 18.5 Å². The second-order valence-corrected chi connectivity index (χ2v) is 6.74. The van der Waals surface area contributed by atoms with Crippen LogP contribution >= 0.6 is 11.8 Å². The van der Waals surface area contributed by atoms with Gasteiger partial charge in [0, 0.05) is 10.6 Å². The van der Waals surface area contributed by atoms with Crippen molar-refractivity contribution in [1.29, 1.82) is 0 Å². The minimum atomic E-state index is -4.17. The summed E-state index contributed by atoms with van der Waals surface area (Å²) < 4.78 is 23.8. The molecule has 0 saturated carbocycles. The first-order chi connectivity index (χ1) is 9.88. The molecule has 0 fully saturated rings. The van der Waals surface area contributed by atoms with Gasteiger partial charge in [-0.3, -0.25) is 0 Å². The number of thioether (sulfide) groups is 1. The fraction of sp³-hybridized carbons (Fsp3) is 0.182. The molecule has 0 radical (unpaired) electrons. The molecule has 0 unspecified atom stereocenters. The Labute approximate surface area is 125 Å². The van der Waals surface area contributed by atoms with E-state index in [-0.39, 0.29) is 0 Å². The van der Waals surface area contributed by atoms with Gasteiger partial charge < -0.3 is 10.1 Å². The largest absolute Gasteiger partial charge is 0.410 e. The second kappa shape index (κ2) is 6.24. The molecule has 1 aromatic heterocycles. The molecule has 0 bridgehead atoms. The Morgan fingerprint density at radius 1 is 1.33 bits per heavy atom. The van der Waals surface area contributed by atoms with Crippen LogP contribution in [0.1, 0.15) is 0 Å². The summed E-state index contributed by atoms with van der Waals surface area (Å²) in [5.74, 6) is -0.158. The van der Waals surface area contributed by atoms with Crippen molar-refractivity contribution in [3.05, 3.63) is 46.6 Å². The van der Waals surface area contributed by atoms with Gasteiger partial charge >= 0.3 is 5.82 Å². The summed E-state index contributed by atoms with van der Waals surface area (Å²) in [5.41, 5.74) is 0. The zero-order valence-corrected chi connectivity index (χ0v) is 12.4. The first-order valence-corrected chi connectivity index (χ1v) is 8.33. The predicted octanol–water partition coefficient (Wildman–Crippen LogP) is 1.23. The van der Waals surface area contributed by atoms with Crippen LogP contribution in [-0.2, 0) is 16.6 Å². The highest BCUT2D eigenvalue weighted by Gasteiger charge is 2.28. The number of rotatable bonds is 6. The van der Waals surface area contributed by atoms with Crippen LogP contribution in [0, 0.1) is 10.1 Å². The van der Waals surface area contributed by atoms with Gasteiger partial charge in [-0.25, -0.2) is 13.6 Å². The van der Waals surface area contributed by atoms with Crippen molar-refractivity contribution >= 4 is 27.6 Å². The molecule has 2 aromatic rings. The lowest BCUT2D eigenvalue weighted by Crippen LogP contribution is -2.13. The SMILES string of the molecule is NS(=O)(=O)c1cn(CCSc2ccccc2)nc1[N+](=O)[O-]. The summed E-state index contributed by atoms with van der Waals surface area (Å²) in [5, 5.41) is 19.4. The third kappa shape index (κ3) is 4.03. The molecule has 0 aliphatic heterocycles. The van der Waals surface area contributed by atoms with E-state index in [1.165, 1.54) is 16.4 Å². The van der Waals surface area contributed by atoms with Crippen LogP contribution in [0.4, 0.5) is 5.82 Å². The van der Waals surface area contributed by atoms with Gasteiger partial charge in [-0.1, -0.05) is 18.2 Å². The fourth-order valence-electron chi connectivity index (χ4n) is 1.61. The number of hydrogen-bond acceptors (Lipinski definition) is 6. The van der Waals surface area contributed by atoms with Crippen LogP contribution in [0.2, 0.25) is 0 Å². The van der Waals surface area contributed by atoms with Gasteiger partial charge in [0.15, 0.2) is 0 Å². The van der Waals surface area contributed by atoms with Crippen LogP contribution in [0.5, 0.6) is 0 Å². The van der Waals surface area contributed by atoms with Crippen molar-refractivity contribution in [2.24, 2.45) is 5.14 Å². The maximum atomic E-state index is 11.3. The van der Waals surface area contributed by atoms with E-state index in [2.05, 4.69) is 5.10 Å². The topological polar surface area (TPSA) is 121 Å². The Kier molecular flexibility index (Phi) is 4.60. The van der Waals surface area contributed by atoms with Crippen LogP contribution in [0.3, 0.4) is 0 Å².